The summed E-state index contributed by atoms with van der Waals surface area (Å²) >= 11 is 14.4. The minimum Gasteiger partial charge on any atom is -0.397 e. The van der Waals surface area contributed by atoms with E-state index < -0.39 is 90.1 Å². The molecule has 6 aromatic carbocycles. The van der Waals surface area contributed by atoms with E-state index in [0.29, 0.717) is 73.1 Å². The van der Waals surface area contributed by atoms with Gasteiger partial charge in [0, 0.05) is 15.8 Å². The Balaban J connectivity index is 0.000000244. The van der Waals surface area contributed by atoms with Gasteiger partial charge in [0.15, 0.2) is 23.1 Å². The number of halogens is 6. The molecular weight excluding hydrogens is 1710 g/mol. The Labute approximate surface area is 756 Å². The van der Waals surface area contributed by atoms with Crippen LogP contribution >= 0.6 is 34.4 Å². The van der Waals surface area contributed by atoms with E-state index in [9.17, 15) is 24.7 Å². The normalized spacial score (nSPS) is 22.9. The van der Waals surface area contributed by atoms with Crippen molar-refractivity contribution < 1.29 is 81.6 Å². The Morgan fingerprint density at radius 3 is 1.10 bits per heavy atom. The Kier molecular flexibility index (Phi) is 40.3. The molecule has 9 heterocycles. The van der Waals surface area contributed by atoms with Crippen molar-refractivity contribution in [3.63, 3.8) is 0 Å². The third kappa shape index (κ3) is 25.4. The number of hydrogen-bond donors (Lipinski definition) is 8. The molecule has 0 aliphatic carbocycles. The molecule has 0 spiro atoms. The highest BCUT2D eigenvalue weighted by atomic mass is 35.6. The van der Waals surface area contributed by atoms with Gasteiger partial charge in [-0.3, -0.25) is 0 Å². The number of fused-ring (bicyclic) bond motifs is 3. The predicted molar refractivity (Wildman–Crippen MR) is 492 cm³/mol. The number of ether oxygens (including phenoxy) is 9. The number of aliphatic hydroxyl groups is 5. The second-order valence-corrected chi connectivity index (χ2v) is 37.0. The van der Waals surface area contributed by atoms with Gasteiger partial charge in [-0.1, -0.05) is 228 Å². The molecule has 1 unspecified atom stereocenters. The van der Waals surface area contributed by atoms with Gasteiger partial charge >= 0.3 is 12.5 Å². The second kappa shape index (κ2) is 49.3. The van der Waals surface area contributed by atoms with Gasteiger partial charge in [-0.2, -0.15) is 49.7 Å². The summed E-state index contributed by atoms with van der Waals surface area (Å²) in [5.41, 5.74) is 22.3. The fourth-order valence-corrected chi connectivity index (χ4v) is 14.1. The van der Waals surface area contributed by atoms with Crippen molar-refractivity contribution in [1.82, 2.24) is 43.8 Å². The molecule has 0 bridgehead atoms. The molecule has 0 amide bonds. The zero-order valence-electron chi connectivity index (χ0n) is 71.1. The second-order valence-electron chi connectivity index (χ2n) is 30.2. The van der Waals surface area contributed by atoms with Gasteiger partial charge in [0.05, 0.1) is 70.8 Å². The number of rotatable bonds is 25. The van der Waals surface area contributed by atoms with Crippen LogP contribution in [0, 0.1) is 36.7 Å². The fraction of sp³-hybridized carbons (Fsp3) is 0.348. The highest BCUT2D eigenvalue weighted by Crippen LogP contribution is 2.53. The van der Waals surface area contributed by atoms with Gasteiger partial charge in [0.2, 0.25) is 17.0 Å². The first-order chi connectivity index (χ1) is 60.5. The molecule has 35 heteroatoms. The molecule has 3 aliphatic rings. The highest BCUT2D eigenvalue weighted by Gasteiger charge is 2.69. The van der Waals surface area contributed by atoms with Crippen molar-refractivity contribution >= 4 is 89.0 Å². The molecule has 1 radical (unpaired) electrons. The molecule has 673 valence electrons. The molecule has 12 atom stereocenters. The number of nitrogens with two attached hydrogens (primary N) is 3. The highest BCUT2D eigenvalue weighted by molar-refractivity contribution is 7.54. The molecule has 3 aliphatic heterocycles. The van der Waals surface area contributed by atoms with Crippen LogP contribution in [0.3, 0.4) is 0 Å². The van der Waals surface area contributed by atoms with Crippen molar-refractivity contribution in [1.29, 1.82) is 0 Å². The van der Waals surface area contributed by atoms with E-state index in [2.05, 4.69) is 67.3 Å². The Morgan fingerprint density at radius 2 is 0.780 bits per heavy atom. The first-order valence-electron chi connectivity index (χ1n) is 40.0. The molecule has 11 N–H and O–H groups in total. The summed E-state index contributed by atoms with van der Waals surface area (Å²) < 4.78 is 89.5. The summed E-state index contributed by atoms with van der Waals surface area (Å²) in [6.45, 7) is 17.0. The number of benzene rings is 6. The van der Waals surface area contributed by atoms with Gasteiger partial charge in [-0.15, -0.1) is 24.8 Å². The summed E-state index contributed by atoms with van der Waals surface area (Å²) in [4.78, 5) is 11.4. The number of nitrogens with zero attached hydrogens (tertiary/aromatic N) is 9. The maximum Gasteiger partial charge on any atom is 0.450 e. The number of aromatic nitrogens is 9. The van der Waals surface area contributed by atoms with Crippen molar-refractivity contribution in [2.24, 2.45) is 0 Å². The summed E-state index contributed by atoms with van der Waals surface area (Å²) in [5, 5.41) is 63.4. The van der Waals surface area contributed by atoms with E-state index in [-0.39, 0.29) is 58.7 Å². The average Bonchev–Trinajstić information content (AvgIpc) is 1.56. The van der Waals surface area contributed by atoms with Crippen LogP contribution in [-0.4, -0.2) is 170 Å². The Hall–Kier alpha value is -10.3. The van der Waals surface area contributed by atoms with E-state index in [1.54, 1.807) is 42.6 Å². The molecule has 6 aromatic heterocycles. The van der Waals surface area contributed by atoms with Crippen LogP contribution in [0.5, 0.6) is 0 Å². The molecule has 15 rings (SSSR count). The predicted octanol–water partition coefficient (Wildman–Crippen LogP) is 14.3. The number of hydrogen-bond acceptors (Lipinski definition) is 23. The van der Waals surface area contributed by atoms with Crippen molar-refractivity contribution in [2.75, 3.05) is 43.6 Å². The molecule has 127 heavy (non-hydrogen) atoms. The number of nitrogen functional groups attached to an aromatic ring is 3. The quantitative estimate of drug-likeness (QED) is 0.0195. The first kappa shape index (κ1) is 104. The Bertz CT molecular complexity index is 5410. The van der Waals surface area contributed by atoms with Gasteiger partial charge in [0.1, 0.15) is 97.1 Å². The SMILES string of the molecule is C.C#C[C@@]1(c2ccc3c(N)ncnn23)O[C@H](CO)[C@@H](O)[C@@]1(C)O.C#C[C@@]1(c2ccc3c(N)ncnn23)O[C@H](COCc2ccccc2)[C@@H](OCc2ccccc2)[C@@]1(C)OCc1ccccc1.C#C[Si](C)(C)C.CCO.CC[B]F.C[C@@]1(OCc2ccccc2)[C@H](OCc2ccccc2)[C@@H](COCc2ccccc2)OC1(O)c1ccc2c(N)ncnn12.ClB(Cl)Cl.FF. The topological polar surface area (TPSA) is 353 Å². The molecule has 3 saturated heterocycles. The summed E-state index contributed by atoms with van der Waals surface area (Å²) in [7, 11) is -0.478. The fourth-order valence-electron chi connectivity index (χ4n) is 14.1. The van der Waals surface area contributed by atoms with E-state index in [4.69, 9.17) is 128 Å². The monoisotopic (exact) mass is 1820 g/mol. The van der Waals surface area contributed by atoms with Crippen LogP contribution < -0.4 is 17.2 Å². The lowest BCUT2D eigenvalue weighted by molar-refractivity contribution is -0.294. The van der Waals surface area contributed by atoms with Gasteiger partial charge < -0.3 is 89.7 Å². The molecule has 12 aromatic rings. The van der Waals surface area contributed by atoms with Crippen molar-refractivity contribution in [3.8, 4) is 36.7 Å². The van der Waals surface area contributed by atoms with E-state index in [1.807, 2.05) is 208 Å². The van der Waals surface area contributed by atoms with Gasteiger partial charge in [-0.25, -0.2) is 28.5 Å². The standard InChI is InChI=1S/C35H34N4O4.C33H34N4O5.C14H16N4O4.C5H10Si.C2H5BF.C2H6O.CH4.BCl3.F2/c1-3-35(31-20-19-29-33(36)37-25-38-39(29)31)34(2,42-23-28-17-11-6-12-18-28)32(41-22-27-15-9-5-10-16-27)30(43-35)24-40-21-26-13-7-4-8-14-26;1-32(41-21-26-15-9-4-10-16-26)30(40-20-25-13-7-3-8-14-25)28(22-39-19-24-11-5-2-6-12-24)42-33(32,38)29-18-17-27-31(34)35-23-36-37(27)29;1-3-14(13(2,21)11(20)9(6-19)22-14)10-5-4-8-12(15)16-7-17-18(8)10;1-5-6(2,3)4;1-2-3-4;1-2-3;;2-1(3)4;1-2/h1,4-20,25,30,32H,21-24H2,2H3,(H2,36,37,38);2-18,23,28,30,38H,19-22H2,1H3,(H2,34,35,36);1,4-5,7,9,11,19-21H,6H2,2H3,(H2,15,16,17);1H,2-4H3;2H2,1H3;3H,2H2,1H3;1H4;;/t30-,32-,34-,35+;28-,30-,32-,33?;9-,11-,13-,14+;;;;;;/m111....../s1. The lowest BCUT2D eigenvalue weighted by atomic mass is 9.79. The third-order valence-corrected chi connectivity index (χ3v) is 21.4. The zero-order chi connectivity index (χ0) is 91.7. The number of anilines is 3. The molecule has 26 nitrogen and oxygen atoms in total. The molecule has 0 saturated carbocycles. The zero-order valence-corrected chi connectivity index (χ0v) is 74.3. The molecular formula is C92H109B2Cl3F3N12O14Si. The van der Waals surface area contributed by atoms with E-state index in [0.717, 1.165) is 33.4 Å². The summed E-state index contributed by atoms with van der Waals surface area (Å²) in [5.74, 6) is 4.26. The first-order valence-corrected chi connectivity index (χ1v) is 44.8. The van der Waals surface area contributed by atoms with Crippen LogP contribution in [0.15, 0.2) is 237 Å². The van der Waals surface area contributed by atoms with Gasteiger partial charge in [-0.05, 0) is 104 Å². The lowest BCUT2D eigenvalue weighted by Crippen LogP contribution is -2.55. The smallest absolute Gasteiger partial charge is 0.397 e. The maximum absolute atomic E-state index is 12.6. The van der Waals surface area contributed by atoms with Crippen molar-refractivity contribution in [2.45, 2.75) is 178 Å². The maximum atomic E-state index is 12.6. The van der Waals surface area contributed by atoms with Gasteiger partial charge in [0.25, 0.3) is 0 Å². The van der Waals surface area contributed by atoms with Crippen LogP contribution in [0.4, 0.5) is 30.9 Å². The van der Waals surface area contributed by atoms with Crippen LogP contribution in [-0.2, 0) is 99.3 Å². The average molecular weight is 1820 g/mol. The third-order valence-electron chi connectivity index (χ3n) is 20.5. The number of aliphatic hydroxyl groups excluding tert-OH is 3. The minimum absolute atomic E-state index is 0. The van der Waals surface area contributed by atoms with Crippen molar-refractivity contribution in [3.05, 3.63) is 288 Å². The number of terminal acetylenes is 3. The summed E-state index contributed by atoms with van der Waals surface area (Å²) in [6.07, 6.45) is 16.7. The van der Waals surface area contributed by atoms with Crippen LogP contribution in [0.25, 0.3) is 16.6 Å². The van der Waals surface area contributed by atoms with Crippen LogP contribution in [0.2, 0.25) is 26.0 Å². The van der Waals surface area contributed by atoms with E-state index in [1.165, 1.54) is 34.9 Å². The minimum atomic E-state index is -1.99. The largest absolute Gasteiger partial charge is 0.450 e. The lowest BCUT2D eigenvalue weighted by Gasteiger charge is -2.40. The van der Waals surface area contributed by atoms with Crippen LogP contribution in [0.1, 0.15) is 92.5 Å². The van der Waals surface area contributed by atoms with E-state index >= 15 is 0 Å². The Morgan fingerprint density at radius 1 is 0.488 bits per heavy atom. The molecule has 3 fully saturated rings. The summed E-state index contributed by atoms with van der Waals surface area (Å²) in [6, 6.07) is 69.9.